The van der Waals surface area contributed by atoms with Gasteiger partial charge in [0, 0.05) is 23.7 Å². The summed E-state index contributed by atoms with van der Waals surface area (Å²) < 4.78 is 0. The Morgan fingerprint density at radius 3 is 2.41 bits per heavy atom. The topological polar surface area (TPSA) is 55.2 Å². The van der Waals surface area contributed by atoms with Crippen molar-refractivity contribution in [3.8, 4) is 0 Å². The molecule has 0 bridgehead atoms. The minimum absolute atomic E-state index is 0.00139. The molecule has 0 radical (unpaired) electrons. The predicted octanol–water partition coefficient (Wildman–Crippen LogP) is 3.43. The molecule has 0 saturated heterocycles. The van der Waals surface area contributed by atoms with Crippen LogP contribution in [0.15, 0.2) is 24.3 Å². The third-order valence-electron chi connectivity index (χ3n) is 3.07. The Labute approximate surface area is 102 Å². The summed E-state index contributed by atoms with van der Waals surface area (Å²) in [6.07, 6.45) is 2.06. The Kier molecular flexibility index (Phi) is 5.10. The smallest absolute Gasteiger partial charge is 0.274 e. The first-order valence-electron chi connectivity index (χ1n) is 6.09. The van der Waals surface area contributed by atoms with Crippen molar-refractivity contribution in [3.05, 3.63) is 39.9 Å². The maximum atomic E-state index is 10.9. The Bertz CT molecular complexity index is 375. The van der Waals surface area contributed by atoms with Gasteiger partial charge in [-0.05, 0) is 19.8 Å². The van der Waals surface area contributed by atoms with Crippen LogP contribution in [-0.2, 0) is 0 Å². The van der Waals surface area contributed by atoms with Gasteiger partial charge in [-0.3, -0.25) is 10.1 Å². The molecule has 1 aromatic carbocycles. The summed E-state index contributed by atoms with van der Waals surface area (Å²) in [7, 11) is 0. The molecule has 94 valence electrons. The van der Waals surface area contributed by atoms with Gasteiger partial charge in [0.15, 0.2) is 0 Å². The van der Waals surface area contributed by atoms with Crippen LogP contribution in [0.5, 0.6) is 0 Å². The molecule has 4 nitrogen and oxygen atoms in total. The molecule has 1 aromatic rings. The van der Waals surface area contributed by atoms with E-state index in [2.05, 4.69) is 19.2 Å². The van der Waals surface area contributed by atoms with E-state index >= 15 is 0 Å². The first kappa shape index (κ1) is 13.6. The number of nitrogens with one attached hydrogen (secondary N) is 1. The maximum Gasteiger partial charge on any atom is 0.274 e. The summed E-state index contributed by atoms with van der Waals surface area (Å²) in [5.41, 5.74) is 0.947. The first-order valence-corrected chi connectivity index (χ1v) is 6.09. The molecule has 0 aliphatic heterocycles. The predicted molar refractivity (Wildman–Crippen MR) is 69.0 cm³/mol. The Morgan fingerprint density at radius 2 is 1.88 bits per heavy atom. The third-order valence-corrected chi connectivity index (χ3v) is 3.07. The zero-order valence-electron chi connectivity index (χ0n) is 10.6. The van der Waals surface area contributed by atoms with Crippen molar-refractivity contribution >= 4 is 5.69 Å². The molecule has 0 fully saturated rings. The Balaban J connectivity index is 2.88. The van der Waals surface area contributed by atoms with Crippen molar-refractivity contribution in [3.63, 3.8) is 0 Å². The van der Waals surface area contributed by atoms with Crippen molar-refractivity contribution in [1.29, 1.82) is 0 Å². The van der Waals surface area contributed by atoms with Crippen LogP contribution in [0, 0.1) is 10.1 Å². The first-order chi connectivity index (χ1) is 8.10. The number of hydrogen-bond acceptors (Lipinski definition) is 3. The van der Waals surface area contributed by atoms with Gasteiger partial charge in [-0.15, -0.1) is 0 Å². The molecular weight excluding hydrogens is 216 g/mol. The van der Waals surface area contributed by atoms with Crippen molar-refractivity contribution in [2.45, 2.75) is 45.7 Å². The average molecular weight is 236 g/mol. The number of benzene rings is 1. The van der Waals surface area contributed by atoms with Gasteiger partial charge in [-0.2, -0.15) is 0 Å². The minimum atomic E-state index is -0.319. The quantitative estimate of drug-likeness (QED) is 0.608. The lowest BCUT2D eigenvalue weighted by Gasteiger charge is -2.21. The molecule has 0 aliphatic carbocycles. The summed E-state index contributed by atoms with van der Waals surface area (Å²) in [6, 6.07) is 7.32. The fraction of sp³-hybridized carbons (Fsp3) is 0.538. The number of nitro benzene ring substituents is 1. The summed E-state index contributed by atoms with van der Waals surface area (Å²) in [6.45, 7) is 6.21. The van der Waals surface area contributed by atoms with Crippen LogP contribution in [0.25, 0.3) is 0 Å². The van der Waals surface area contributed by atoms with E-state index in [0.29, 0.717) is 6.04 Å². The number of nitrogens with zero attached hydrogens (tertiary/aromatic N) is 1. The largest absolute Gasteiger partial charge is 0.307 e. The van der Waals surface area contributed by atoms with Crippen molar-refractivity contribution in [2.75, 3.05) is 0 Å². The fourth-order valence-electron chi connectivity index (χ4n) is 1.99. The van der Waals surface area contributed by atoms with Crippen LogP contribution < -0.4 is 5.32 Å². The lowest BCUT2D eigenvalue weighted by atomic mass is 10.0. The van der Waals surface area contributed by atoms with E-state index in [0.717, 1.165) is 18.4 Å². The monoisotopic (exact) mass is 236 g/mol. The van der Waals surface area contributed by atoms with Gasteiger partial charge >= 0.3 is 0 Å². The van der Waals surface area contributed by atoms with Gasteiger partial charge in [-0.25, -0.2) is 0 Å². The SMILES string of the molecule is CCC(CC)NC(C)c1ccccc1[N+](=O)[O-]. The lowest BCUT2D eigenvalue weighted by molar-refractivity contribution is -0.385. The highest BCUT2D eigenvalue weighted by molar-refractivity contribution is 5.41. The Morgan fingerprint density at radius 1 is 1.29 bits per heavy atom. The zero-order chi connectivity index (χ0) is 12.8. The summed E-state index contributed by atoms with van der Waals surface area (Å²) in [5.74, 6) is 0. The summed E-state index contributed by atoms with van der Waals surface area (Å²) >= 11 is 0. The second-order valence-electron chi connectivity index (χ2n) is 4.22. The van der Waals surface area contributed by atoms with Crippen LogP contribution in [0.3, 0.4) is 0 Å². The third kappa shape index (κ3) is 3.53. The van der Waals surface area contributed by atoms with Gasteiger partial charge in [0.1, 0.15) is 0 Å². The van der Waals surface area contributed by atoms with Crippen LogP contribution in [0.4, 0.5) is 5.69 Å². The Hall–Kier alpha value is -1.42. The van der Waals surface area contributed by atoms with Crippen molar-refractivity contribution in [2.24, 2.45) is 0 Å². The van der Waals surface area contributed by atoms with Crippen molar-refractivity contribution in [1.82, 2.24) is 5.32 Å². The molecule has 1 rings (SSSR count). The molecule has 0 spiro atoms. The lowest BCUT2D eigenvalue weighted by Crippen LogP contribution is -2.30. The van der Waals surface area contributed by atoms with E-state index in [-0.39, 0.29) is 16.7 Å². The molecule has 0 aromatic heterocycles. The minimum Gasteiger partial charge on any atom is -0.307 e. The molecule has 1 atom stereocenters. The van der Waals surface area contributed by atoms with E-state index < -0.39 is 0 Å². The normalized spacial score (nSPS) is 12.7. The van der Waals surface area contributed by atoms with E-state index in [1.54, 1.807) is 12.1 Å². The van der Waals surface area contributed by atoms with Gasteiger partial charge < -0.3 is 5.32 Å². The molecule has 0 aliphatic rings. The number of rotatable bonds is 6. The number of nitro groups is 1. The summed E-state index contributed by atoms with van der Waals surface area (Å²) in [5, 5.41) is 14.4. The highest BCUT2D eigenvalue weighted by Crippen LogP contribution is 2.25. The van der Waals surface area contributed by atoms with Crippen LogP contribution >= 0.6 is 0 Å². The van der Waals surface area contributed by atoms with E-state index in [9.17, 15) is 10.1 Å². The highest BCUT2D eigenvalue weighted by atomic mass is 16.6. The molecule has 0 heterocycles. The zero-order valence-corrected chi connectivity index (χ0v) is 10.6. The van der Waals surface area contributed by atoms with Gasteiger partial charge in [0.05, 0.1) is 4.92 Å². The molecule has 0 saturated carbocycles. The molecule has 4 heteroatoms. The van der Waals surface area contributed by atoms with E-state index in [1.807, 2.05) is 19.1 Å². The molecule has 0 amide bonds. The highest BCUT2D eigenvalue weighted by Gasteiger charge is 2.19. The second-order valence-corrected chi connectivity index (χ2v) is 4.22. The van der Waals surface area contributed by atoms with E-state index in [4.69, 9.17) is 0 Å². The van der Waals surface area contributed by atoms with Gasteiger partial charge in [0.25, 0.3) is 5.69 Å². The number of hydrogen-bond donors (Lipinski definition) is 1. The standard InChI is InChI=1S/C13H20N2O2/c1-4-11(5-2)14-10(3)12-8-6-7-9-13(12)15(16)17/h6-11,14H,4-5H2,1-3H3. The van der Waals surface area contributed by atoms with Crippen molar-refractivity contribution < 1.29 is 4.92 Å². The summed E-state index contributed by atoms with van der Waals surface area (Å²) in [4.78, 5) is 10.6. The van der Waals surface area contributed by atoms with Crippen LogP contribution in [0.1, 0.15) is 45.2 Å². The molecule has 17 heavy (non-hydrogen) atoms. The van der Waals surface area contributed by atoms with Crippen LogP contribution in [0.2, 0.25) is 0 Å². The van der Waals surface area contributed by atoms with Gasteiger partial charge in [0.2, 0.25) is 0 Å². The molecular formula is C13H20N2O2. The average Bonchev–Trinajstić information content (AvgIpc) is 2.35. The maximum absolute atomic E-state index is 10.9. The molecule has 1 unspecified atom stereocenters. The molecule has 1 N–H and O–H groups in total. The van der Waals surface area contributed by atoms with Gasteiger partial charge in [-0.1, -0.05) is 32.0 Å². The second kappa shape index (κ2) is 6.35. The fourth-order valence-corrected chi connectivity index (χ4v) is 1.99. The van der Waals surface area contributed by atoms with Crippen LogP contribution in [-0.4, -0.2) is 11.0 Å². The number of para-hydroxylation sites is 1. The van der Waals surface area contributed by atoms with E-state index in [1.165, 1.54) is 0 Å².